The topological polar surface area (TPSA) is 73.9 Å². The van der Waals surface area contributed by atoms with Crippen molar-refractivity contribution in [3.05, 3.63) is 40.2 Å². The molecule has 1 saturated carbocycles. The fraction of sp³-hybridized carbons (Fsp3) is 0.438. The van der Waals surface area contributed by atoms with Crippen LogP contribution in [-0.4, -0.2) is 32.7 Å². The van der Waals surface area contributed by atoms with Crippen LogP contribution < -0.4 is 5.32 Å². The Kier molecular flexibility index (Phi) is 3.88. The van der Waals surface area contributed by atoms with E-state index < -0.39 is 5.82 Å². The predicted octanol–water partition coefficient (Wildman–Crippen LogP) is 3.45. The number of urea groups is 1. The van der Waals surface area contributed by atoms with Gasteiger partial charge in [0, 0.05) is 36.3 Å². The number of carbonyl (C=O) groups is 1. The third-order valence-electron chi connectivity index (χ3n) is 4.83. The number of anilines is 1. The average Bonchev–Trinajstić information content (AvgIpc) is 2.93. The van der Waals surface area contributed by atoms with Crippen LogP contribution in [0.1, 0.15) is 42.1 Å². The Morgan fingerprint density at radius 1 is 1.46 bits per heavy atom. The van der Waals surface area contributed by atoms with Gasteiger partial charge in [-0.3, -0.25) is 5.10 Å². The van der Waals surface area contributed by atoms with Crippen LogP contribution in [0.25, 0.3) is 0 Å². The van der Waals surface area contributed by atoms with Crippen molar-refractivity contribution in [3.63, 3.8) is 0 Å². The van der Waals surface area contributed by atoms with E-state index in [1.807, 2.05) is 0 Å². The minimum atomic E-state index is -0.719. The van der Waals surface area contributed by atoms with Crippen LogP contribution in [0.3, 0.4) is 0 Å². The molecule has 1 aliphatic carbocycles. The minimum Gasteiger partial charge on any atom is -0.320 e. The second kappa shape index (κ2) is 6.05. The highest BCUT2D eigenvalue weighted by molar-refractivity contribution is 6.29. The Morgan fingerprint density at radius 2 is 2.29 bits per heavy atom. The lowest BCUT2D eigenvalue weighted by molar-refractivity contribution is 0.205. The van der Waals surface area contributed by atoms with Gasteiger partial charge >= 0.3 is 6.03 Å². The number of hydrogen-bond donors (Lipinski definition) is 2. The Hall–Kier alpha value is -2.15. The zero-order valence-electron chi connectivity index (χ0n) is 13.0. The molecule has 0 saturated heterocycles. The Balaban J connectivity index is 1.50. The first-order valence-corrected chi connectivity index (χ1v) is 8.43. The van der Waals surface area contributed by atoms with Gasteiger partial charge in [0.1, 0.15) is 0 Å². The van der Waals surface area contributed by atoms with Crippen molar-refractivity contribution in [1.29, 1.82) is 0 Å². The molecular formula is C16H17ClFN5O. The van der Waals surface area contributed by atoms with E-state index in [1.165, 1.54) is 18.7 Å². The molecule has 0 spiro atoms. The number of amides is 2. The van der Waals surface area contributed by atoms with Gasteiger partial charge in [0.15, 0.2) is 11.0 Å². The number of rotatable bonds is 2. The fourth-order valence-electron chi connectivity index (χ4n) is 3.22. The molecule has 4 rings (SSSR count). The van der Waals surface area contributed by atoms with Crippen LogP contribution >= 0.6 is 11.6 Å². The number of aromatic amines is 1. The second-order valence-electron chi connectivity index (χ2n) is 6.26. The highest BCUT2D eigenvalue weighted by Gasteiger charge is 2.31. The van der Waals surface area contributed by atoms with Crippen LogP contribution in [0, 0.1) is 5.82 Å². The monoisotopic (exact) mass is 349 g/mol. The fourth-order valence-corrected chi connectivity index (χ4v) is 3.38. The van der Waals surface area contributed by atoms with Crippen molar-refractivity contribution in [2.75, 3.05) is 11.9 Å². The van der Waals surface area contributed by atoms with Gasteiger partial charge in [0.2, 0.25) is 0 Å². The summed E-state index contributed by atoms with van der Waals surface area (Å²) < 4.78 is 13.9. The van der Waals surface area contributed by atoms with Crippen molar-refractivity contribution < 1.29 is 9.18 Å². The molecule has 6 nitrogen and oxygen atoms in total. The molecule has 1 fully saturated rings. The van der Waals surface area contributed by atoms with E-state index in [2.05, 4.69) is 20.5 Å². The van der Waals surface area contributed by atoms with Crippen molar-refractivity contribution in [3.8, 4) is 0 Å². The van der Waals surface area contributed by atoms with Gasteiger partial charge < -0.3 is 10.2 Å². The molecule has 24 heavy (non-hydrogen) atoms. The summed E-state index contributed by atoms with van der Waals surface area (Å²) in [6, 6.07) is 1.05. The molecule has 2 amide bonds. The third kappa shape index (κ3) is 2.62. The zero-order valence-corrected chi connectivity index (χ0v) is 13.7. The summed E-state index contributed by atoms with van der Waals surface area (Å²) in [6.07, 6.45) is 5.63. The number of H-pyrrole nitrogens is 1. The maximum atomic E-state index is 13.9. The first kappa shape index (κ1) is 15.4. The minimum absolute atomic E-state index is 0.0391. The van der Waals surface area contributed by atoms with Gasteiger partial charge in [0.25, 0.3) is 0 Å². The van der Waals surface area contributed by atoms with Crippen LogP contribution in [0.2, 0.25) is 5.15 Å². The molecule has 3 heterocycles. The molecule has 8 heteroatoms. The Labute approximate surface area is 143 Å². The quantitative estimate of drug-likeness (QED) is 0.815. The number of carbonyl (C=O) groups excluding carboxylic acids is 1. The first-order valence-electron chi connectivity index (χ1n) is 8.05. The zero-order chi connectivity index (χ0) is 16.7. The standard InChI is InChI=1S/C16H17ClFN5O/c17-15-13(18)12(4-6-19-15)20-16(24)23-7-5-11-10(8-23)14(22-21-11)9-2-1-3-9/h4,6,9H,1-3,5,7-8H2,(H,21,22)(H,19,20,24). The van der Waals surface area contributed by atoms with E-state index in [-0.39, 0.29) is 16.9 Å². The second-order valence-corrected chi connectivity index (χ2v) is 6.62. The molecule has 0 aromatic carbocycles. The number of halogens is 2. The number of pyridine rings is 1. The molecule has 126 valence electrons. The van der Waals surface area contributed by atoms with E-state index in [1.54, 1.807) is 4.90 Å². The first-order chi connectivity index (χ1) is 11.6. The van der Waals surface area contributed by atoms with E-state index >= 15 is 0 Å². The highest BCUT2D eigenvalue weighted by atomic mass is 35.5. The average molecular weight is 350 g/mol. The van der Waals surface area contributed by atoms with Gasteiger partial charge in [-0.05, 0) is 18.9 Å². The summed E-state index contributed by atoms with van der Waals surface area (Å²) in [6.45, 7) is 1.05. The SMILES string of the molecule is O=C(Nc1ccnc(Cl)c1F)N1CCc2[nH]nc(C3CCC3)c2C1. The lowest BCUT2D eigenvalue weighted by atomic mass is 9.81. The van der Waals surface area contributed by atoms with Gasteiger partial charge in [-0.2, -0.15) is 5.10 Å². The maximum absolute atomic E-state index is 13.9. The van der Waals surface area contributed by atoms with Crippen LogP contribution in [-0.2, 0) is 13.0 Å². The van der Waals surface area contributed by atoms with E-state index in [0.717, 1.165) is 36.2 Å². The van der Waals surface area contributed by atoms with Crippen molar-refractivity contribution in [2.45, 2.75) is 38.1 Å². The highest BCUT2D eigenvalue weighted by Crippen LogP contribution is 2.38. The van der Waals surface area contributed by atoms with Gasteiger partial charge in [-0.15, -0.1) is 0 Å². The summed E-state index contributed by atoms with van der Waals surface area (Å²) in [4.78, 5) is 17.8. The Morgan fingerprint density at radius 3 is 3.04 bits per heavy atom. The smallest absolute Gasteiger partial charge is 0.320 e. The predicted molar refractivity (Wildman–Crippen MR) is 87.5 cm³/mol. The third-order valence-corrected chi connectivity index (χ3v) is 5.10. The number of hydrogen-bond acceptors (Lipinski definition) is 3. The molecule has 2 N–H and O–H groups in total. The summed E-state index contributed by atoms with van der Waals surface area (Å²) >= 11 is 5.65. The van der Waals surface area contributed by atoms with Crippen molar-refractivity contribution >= 4 is 23.3 Å². The number of nitrogens with one attached hydrogen (secondary N) is 2. The summed E-state index contributed by atoms with van der Waals surface area (Å²) in [5.41, 5.74) is 3.36. The molecular weight excluding hydrogens is 333 g/mol. The molecule has 2 aliphatic rings. The summed E-state index contributed by atoms with van der Waals surface area (Å²) in [5.74, 6) is -0.215. The molecule has 2 aromatic rings. The molecule has 1 aliphatic heterocycles. The molecule has 0 radical (unpaired) electrons. The van der Waals surface area contributed by atoms with Crippen LogP contribution in [0.5, 0.6) is 0 Å². The van der Waals surface area contributed by atoms with Crippen LogP contribution in [0.15, 0.2) is 12.3 Å². The van der Waals surface area contributed by atoms with E-state index in [0.29, 0.717) is 19.0 Å². The van der Waals surface area contributed by atoms with E-state index in [4.69, 9.17) is 11.6 Å². The molecule has 2 aromatic heterocycles. The van der Waals surface area contributed by atoms with Crippen LogP contribution in [0.4, 0.5) is 14.9 Å². The number of nitrogens with zero attached hydrogens (tertiary/aromatic N) is 3. The van der Waals surface area contributed by atoms with Crippen molar-refractivity contribution in [2.24, 2.45) is 0 Å². The van der Waals surface area contributed by atoms with Gasteiger partial charge in [-0.1, -0.05) is 18.0 Å². The van der Waals surface area contributed by atoms with Gasteiger partial charge in [0.05, 0.1) is 17.9 Å². The van der Waals surface area contributed by atoms with E-state index in [9.17, 15) is 9.18 Å². The normalized spacial score (nSPS) is 17.3. The molecule has 0 unspecified atom stereocenters. The summed E-state index contributed by atoms with van der Waals surface area (Å²) in [7, 11) is 0. The lowest BCUT2D eigenvalue weighted by Gasteiger charge is -2.30. The van der Waals surface area contributed by atoms with Gasteiger partial charge in [-0.25, -0.2) is 14.2 Å². The maximum Gasteiger partial charge on any atom is 0.322 e. The Bertz CT molecular complexity index is 789. The number of fused-ring (bicyclic) bond motifs is 1. The van der Waals surface area contributed by atoms with Crippen molar-refractivity contribution in [1.82, 2.24) is 20.1 Å². The lowest BCUT2D eigenvalue weighted by Crippen LogP contribution is -2.39. The molecule has 0 atom stereocenters. The molecule has 0 bridgehead atoms. The largest absolute Gasteiger partial charge is 0.322 e. The summed E-state index contributed by atoms with van der Waals surface area (Å²) in [5, 5.41) is 9.88. The number of aromatic nitrogens is 3.